The van der Waals surface area contributed by atoms with Gasteiger partial charge in [0.05, 0.1) is 6.26 Å². The first-order chi connectivity index (χ1) is 7.75. The number of hydrogen-bond acceptors (Lipinski definition) is 2. The number of nitrogens with zero attached hydrogens (tertiary/aromatic N) is 1. The van der Waals surface area contributed by atoms with E-state index in [9.17, 15) is 4.79 Å². The smallest absolute Gasteiger partial charge is 0.290 e. The molecule has 2 saturated heterocycles. The molecule has 1 aromatic heterocycles. The Labute approximate surface area is 99.4 Å². The van der Waals surface area contributed by atoms with Crippen LogP contribution in [0.4, 0.5) is 0 Å². The molecule has 0 aromatic carbocycles. The van der Waals surface area contributed by atoms with E-state index in [-0.39, 0.29) is 11.3 Å². The molecular weight excluding hydrogens is 226 g/mol. The first-order valence-corrected chi connectivity index (χ1v) is 6.19. The summed E-state index contributed by atoms with van der Waals surface area (Å²) in [6.45, 7) is 0. The molecular formula is C12H14ClNO2. The summed E-state index contributed by atoms with van der Waals surface area (Å²) in [5, 5.41) is 0.234. The summed E-state index contributed by atoms with van der Waals surface area (Å²) in [5.74, 6) is 0.478. The van der Waals surface area contributed by atoms with E-state index < -0.39 is 0 Å². The third-order valence-electron chi connectivity index (χ3n) is 3.64. The number of carbonyl (C=O) groups excluding carboxylic acids is 1. The molecule has 3 rings (SSSR count). The Morgan fingerprint density at radius 2 is 2.06 bits per heavy atom. The Kier molecular flexibility index (Phi) is 2.43. The molecule has 3 heterocycles. The number of piperidine rings is 1. The molecule has 2 atom stereocenters. The lowest BCUT2D eigenvalue weighted by Gasteiger charge is -2.36. The monoisotopic (exact) mass is 239 g/mol. The normalized spacial score (nSPS) is 33.1. The van der Waals surface area contributed by atoms with Crippen molar-refractivity contribution in [1.82, 2.24) is 4.90 Å². The van der Waals surface area contributed by atoms with Crippen molar-refractivity contribution in [2.75, 3.05) is 0 Å². The molecule has 2 bridgehead atoms. The fraction of sp³-hybridized carbons (Fsp3) is 0.583. The van der Waals surface area contributed by atoms with Gasteiger partial charge in [-0.3, -0.25) is 4.79 Å². The number of carbonyl (C=O) groups is 1. The molecule has 2 aliphatic rings. The fourth-order valence-electron chi connectivity index (χ4n) is 2.97. The summed E-state index contributed by atoms with van der Waals surface area (Å²) in [6.07, 6.45) is 5.55. The zero-order valence-electron chi connectivity index (χ0n) is 8.93. The molecule has 0 spiro atoms. The van der Waals surface area contributed by atoms with Crippen LogP contribution in [0.5, 0.6) is 0 Å². The maximum atomic E-state index is 12.2. The van der Waals surface area contributed by atoms with E-state index in [4.69, 9.17) is 16.0 Å². The summed E-state index contributed by atoms with van der Waals surface area (Å²) < 4.78 is 5.18. The molecule has 86 valence electrons. The van der Waals surface area contributed by atoms with Crippen molar-refractivity contribution in [3.05, 3.63) is 24.2 Å². The second kappa shape index (κ2) is 3.81. The topological polar surface area (TPSA) is 33.5 Å². The highest BCUT2D eigenvalue weighted by molar-refractivity contribution is 6.20. The molecule has 0 aliphatic carbocycles. The minimum absolute atomic E-state index is 0.0288. The van der Waals surface area contributed by atoms with E-state index in [2.05, 4.69) is 0 Å². The molecule has 1 aromatic rings. The predicted octanol–water partition coefficient (Wildman–Crippen LogP) is 2.65. The average molecular weight is 240 g/mol. The number of rotatable bonds is 1. The van der Waals surface area contributed by atoms with E-state index in [0.29, 0.717) is 17.8 Å². The molecule has 16 heavy (non-hydrogen) atoms. The number of hydrogen-bond donors (Lipinski definition) is 0. The molecule has 1 amide bonds. The van der Waals surface area contributed by atoms with Crippen molar-refractivity contribution in [2.45, 2.75) is 43.1 Å². The van der Waals surface area contributed by atoms with Gasteiger partial charge in [-0.2, -0.15) is 0 Å². The van der Waals surface area contributed by atoms with Crippen molar-refractivity contribution in [1.29, 1.82) is 0 Å². The van der Waals surface area contributed by atoms with Crippen LogP contribution in [0.15, 0.2) is 22.8 Å². The Bertz CT molecular complexity index is 376. The van der Waals surface area contributed by atoms with Gasteiger partial charge in [-0.1, -0.05) is 0 Å². The van der Waals surface area contributed by atoms with Crippen molar-refractivity contribution < 1.29 is 9.21 Å². The van der Waals surface area contributed by atoms with Crippen LogP contribution in [0.2, 0.25) is 0 Å². The maximum Gasteiger partial charge on any atom is 0.290 e. The third kappa shape index (κ3) is 1.54. The molecule has 2 aliphatic heterocycles. The van der Waals surface area contributed by atoms with Gasteiger partial charge in [0.1, 0.15) is 0 Å². The van der Waals surface area contributed by atoms with Gasteiger partial charge in [-0.25, -0.2) is 0 Å². The lowest BCUT2D eigenvalue weighted by atomic mass is 10.0. The van der Waals surface area contributed by atoms with Crippen LogP contribution in [0.1, 0.15) is 36.2 Å². The summed E-state index contributed by atoms with van der Waals surface area (Å²) >= 11 is 6.18. The quantitative estimate of drug-likeness (QED) is 0.706. The van der Waals surface area contributed by atoms with E-state index in [0.717, 1.165) is 25.7 Å². The van der Waals surface area contributed by atoms with E-state index >= 15 is 0 Å². The van der Waals surface area contributed by atoms with Crippen molar-refractivity contribution in [3.8, 4) is 0 Å². The van der Waals surface area contributed by atoms with E-state index in [1.54, 1.807) is 18.4 Å². The second-order valence-electron chi connectivity index (χ2n) is 4.64. The van der Waals surface area contributed by atoms with Crippen LogP contribution in [0.25, 0.3) is 0 Å². The van der Waals surface area contributed by atoms with Crippen LogP contribution >= 0.6 is 11.6 Å². The van der Waals surface area contributed by atoms with Gasteiger partial charge in [0.15, 0.2) is 5.76 Å². The Morgan fingerprint density at radius 3 is 2.62 bits per heavy atom. The van der Waals surface area contributed by atoms with E-state index in [1.165, 1.54) is 0 Å². The van der Waals surface area contributed by atoms with Crippen LogP contribution in [0, 0.1) is 0 Å². The lowest BCUT2D eigenvalue weighted by molar-refractivity contribution is 0.0567. The molecule has 0 radical (unpaired) electrons. The average Bonchev–Trinajstić information content (AvgIpc) is 2.85. The van der Waals surface area contributed by atoms with Crippen molar-refractivity contribution in [3.63, 3.8) is 0 Å². The number of halogens is 1. The Hall–Kier alpha value is -0.960. The highest BCUT2D eigenvalue weighted by Gasteiger charge is 2.43. The highest BCUT2D eigenvalue weighted by atomic mass is 35.5. The zero-order chi connectivity index (χ0) is 11.1. The summed E-state index contributed by atoms with van der Waals surface area (Å²) in [6, 6.07) is 4.12. The summed E-state index contributed by atoms with van der Waals surface area (Å²) in [5.41, 5.74) is 0. The molecule has 4 heteroatoms. The SMILES string of the molecule is O=C(c1ccco1)N1C2CCC1CC(Cl)C2. The van der Waals surface area contributed by atoms with Crippen LogP contribution < -0.4 is 0 Å². The van der Waals surface area contributed by atoms with E-state index in [1.807, 2.05) is 4.90 Å². The van der Waals surface area contributed by atoms with Crippen molar-refractivity contribution in [2.24, 2.45) is 0 Å². The standard InChI is InChI=1S/C12H14ClNO2/c13-8-6-9-3-4-10(7-8)14(9)12(15)11-2-1-5-16-11/h1-2,5,8-10H,3-4,6-7H2. The molecule has 0 saturated carbocycles. The largest absolute Gasteiger partial charge is 0.459 e. The van der Waals surface area contributed by atoms with Crippen LogP contribution in [0.3, 0.4) is 0 Å². The number of alkyl halides is 1. The maximum absolute atomic E-state index is 12.2. The Morgan fingerprint density at radius 1 is 1.38 bits per heavy atom. The second-order valence-corrected chi connectivity index (χ2v) is 5.26. The summed E-state index contributed by atoms with van der Waals surface area (Å²) in [7, 11) is 0. The Balaban J connectivity index is 1.84. The van der Waals surface area contributed by atoms with Crippen molar-refractivity contribution >= 4 is 17.5 Å². The van der Waals surface area contributed by atoms with Gasteiger partial charge < -0.3 is 9.32 Å². The first kappa shape index (κ1) is 10.2. The van der Waals surface area contributed by atoms with Gasteiger partial charge in [-0.15, -0.1) is 11.6 Å². The highest BCUT2D eigenvalue weighted by Crippen LogP contribution is 2.38. The minimum Gasteiger partial charge on any atom is -0.459 e. The lowest BCUT2D eigenvalue weighted by Crippen LogP contribution is -2.46. The van der Waals surface area contributed by atoms with Gasteiger partial charge >= 0.3 is 0 Å². The van der Waals surface area contributed by atoms with Gasteiger partial charge in [0.25, 0.3) is 5.91 Å². The molecule has 3 nitrogen and oxygen atoms in total. The van der Waals surface area contributed by atoms with Gasteiger partial charge in [0.2, 0.25) is 0 Å². The first-order valence-electron chi connectivity index (χ1n) is 5.76. The fourth-order valence-corrected chi connectivity index (χ4v) is 3.38. The number of amides is 1. The molecule has 0 N–H and O–H groups in total. The predicted molar refractivity (Wildman–Crippen MR) is 60.6 cm³/mol. The number of fused-ring (bicyclic) bond motifs is 2. The van der Waals surface area contributed by atoms with Gasteiger partial charge in [-0.05, 0) is 37.8 Å². The van der Waals surface area contributed by atoms with Crippen LogP contribution in [-0.2, 0) is 0 Å². The molecule has 2 unspecified atom stereocenters. The third-order valence-corrected chi connectivity index (χ3v) is 4.00. The minimum atomic E-state index is 0.0288. The summed E-state index contributed by atoms with van der Waals surface area (Å²) in [4.78, 5) is 14.2. The van der Waals surface area contributed by atoms with Gasteiger partial charge in [0, 0.05) is 17.5 Å². The van der Waals surface area contributed by atoms with Crippen LogP contribution in [-0.4, -0.2) is 28.3 Å². The zero-order valence-corrected chi connectivity index (χ0v) is 9.69. The molecule has 2 fully saturated rings. The number of furan rings is 1.